The van der Waals surface area contributed by atoms with E-state index in [4.69, 9.17) is 0 Å². The lowest BCUT2D eigenvalue weighted by molar-refractivity contribution is -0.406. The zero-order valence-corrected chi connectivity index (χ0v) is 8.52. The van der Waals surface area contributed by atoms with E-state index in [2.05, 4.69) is 0 Å². The molecule has 0 saturated carbocycles. The molecular weight excluding hydrogens is 323 g/mol. The van der Waals surface area contributed by atoms with Crippen LogP contribution >= 0.6 is 15.9 Å². The number of hydrogen-bond acceptors (Lipinski definition) is 0. The van der Waals surface area contributed by atoms with Gasteiger partial charge in [0.25, 0.3) is 5.41 Å². The van der Waals surface area contributed by atoms with Crippen LogP contribution in [0.4, 0.5) is 39.5 Å². The Balaban J connectivity index is 6.04. The van der Waals surface area contributed by atoms with E-state index in [0.29, 0.717) is 0 Å². The highest BCUT2D eigenvalue weighted by Crippen LogP contribution is 2.60. The summed E-state index contributed by atoms with van der Waals surface area (Å²) in [6.45, 7) is 0. The van der Waals surface area contributed by atoms with Gasteiger partial charge in [0, 0.05) is 0 Å². The molecule has 0 spiro atoms. The Labute approximate surface area is 91.2 Å². The minimum Gasteiger partial charge on any atom is -0.169 e. The van der Waals surface area contributed by atoms with Crippen LogP contribution in [-0.4, -0.2) is 18.5 Å². The molecule has 10 heteroatoms. The highest BCUT2D eigenvalue weighted by atomic mass is 79.9. The molecule has 0 fully saturated rings. The quantitative estimate of drug-likeness (QED) is 0.620. The van der Waals surface area contributed by atoms with E-state index in [9.17, 15) is 39.5 Å². The summed E-state index contributed by atoms with van der Waals surface area (Å²) in [7, 11) is 0. The maximum atomic E-state index is 12.0. The van der Waals surface area contributed by atoms with Gasteiger partial charge in [-0.1, -0.05) is 15.9 Å². The Bertz CT molecular complexity index is 231. The van der Waals surface area contributed by atoms with Crippen LogP contribution in [0.2, 0.25) is 0 Å². The van der Waals surface area contributed by atoms with Gasteiger partial charge in [0.15, 0.2) is 0 Å². The van der Waals surface area contributed by atoms with Gasteiger partial charge in [-0.15, -0.1) is 0 Å². The van der Waals surface area contributed by atoms with E-state index < -0.39 is 30.0 Å². The average molecular weight is 325 g/mol. The van der Waals surface area contributed by atoms with Crippen molar-refractivity contribution in [3.63, 3.8) is 0 Å². The molecule has 0 saturated heterocycles. The highest BCUT2D eigenvalue weighted by Gasteiger charge is 2.82. The molecule has 0 N–H and O–H groups in total. The number of alkyl halides is 9. The summed E-state index contributed by atoms with van der Waals surface area (Å²) >= 11 is 1.98. The molecule has 0 nitrogen and oxygen atoms in total. The second-order valence-corrected chi connectivity index (χ2v) is 3.12. The van der Waals surface area contributed by atoms with Crippen LogP contribution in [0.15, 0.2) is 11.1 Å². The van der Waals surface area contributed by atoms with E-state index >= 15 is 0 Å². The molecule has 96 valence electrons. The largest absolute Gasteiger partial charge is 0.415 e. The molecule has 0 aliphatic rings. The van der Waals surface area contributed by atoms with Gasteiger partial charge in [-0.05, 0) is 11.1 Å². The average Bonchev–Trinajstić information content (AvgIpc) is 1.91. The lowest BCUT2D eigenvalue weighted by Gasteiger charge is -2.35. The molecule has 0 aromatic rings. The van der Waals surface area contributed by atoms with Crippen LogP contribution in [0.5, 0.6) is 0 Å². The Kier molecular flexibility index (Phi) is 4.01. The summed E-state index contributed by atoms with van der Waals surface area (Å²) in [6.07, 6.45) is -20.6. The summed E-state index contributed by atoms with van der Waals surface area (Å²) < 4.78 is 108. The Hall–Kier alpha value is -0.410. The normalized spacial score (nSPS) is 15.9. The minimum atomic E-state index is -6.53. The molecule has 0 unspecified atom stereocenters. The number of hydrogen-bond donors (Lipinski definition) is 0. The molecule has 0 amide bonds. The van der Waals surface area contributed by atoms with Crippen molar-refractivity contribution in [1.82, 2.24) is 0 Å². The molecule has 0 rings (SSSR count). The third kappa shape index (κ3) is 2.30. The minimum absolute atomic E-state index is 0.124. The monoisotopic (exact) mass is 324 g/mol. The summed E-state index contributed by atoms with van der Waals surface area (Å²) in [6, 6.07) is 0. The van der Waals surface area contributed by atoms with Gasteiger partial charge in [-0.25, -0.2) is 0 Å². The molecule has 0 aromatic carbocycles. The smallest absolute Gasteiger partial charge is 0.169 e. The van der Waals surface area contributed by atoms with Gasteiger partial charge in [0.2, 0.25) is 0 Å². The number of halogens is 10. The first-order chi connectivity index (χ1) is 6.81. The van der Waals surface area contributed by atoms with Crippen molar-refractivity contribution < 1.29 is 39.5 Å². The van der Waals surface area contributed by atoms with Gasteiger partial charge in [-0.3, -0.25) is 0 Å². The predicted molar refractivity (Wildman–Crippen MR) is 38.7 cm³/mol. The van der Waals surface area contributed by atoms with Crippen LogP contribution in [0.3, 0.4) is 0 Å². The Morgan fingerprint density at radius 1 is 0.625 bits per heavy atom. The van der Waals surface area contributed by atoms with E-state index in [1.807, 2.05) is 15.9 Å². The summed E-state index contributed by atoms with van der Waals surface area (Å²) in [5.74, 6) is 0. The zero-order chi connectivity index (χ0) is 13.4. The maximum Gasteiger partial charge on any atom is 0.415 e. The molecule has 0 radical (unpaired) electrons. The Morgan fingerprint density at radius 2 is 0.875 bits per heavy atom. The van der Waals surface area contributed by atoms with E-state index in [-0.39, 0.29) is 4.99 Å². The fourth-order valence-electron chi connectivity index (χ4n) is 0.860. The molecule has 16 heavy (non-hydrogen) atoms. The molecule has 0 aromatic heterocycles. The van der Waals surface area contributed by atoms with Crippen LogP contribution in [0.25, 0.3) is 0 Å². The van der Waals surface area contributed by atoms with Crippen molar-refractivity contribution in [2.75, 3.05) is 0 Å². The first-order valence-electron chi connectivity index (χ1n) is 3.29. The van der Waals surface area contributed by atoms with Crippen molar-refractivity contribution in [1.29, 1.82) is 0 Å². The molecule has 0 aliphatic heterocycles. The van der Waals surface area contributed by atoms with Gasteiger partial charge in [0.1, 0.15) is 0 Å². The maximum absolute atomic E-state index is 12.0. The van der Waals surface area contributed by atoms with Crippen molar-refractivity contribution >= 4 is 15.9 Å². The van der Waals surface area contributed by atoms with Crippen LogP contribution < -0.4 is 0 Å². The van der Waals surface area contributed by atoms with Gasteiger partial charge in [-0.2, -0.15) is 39.5 Å². The van der Waals surface area contributed by atoms with Crippen molar-refractivity contribution in [2.24, 2.45) is 5.41 Å². The lowest BCUT2D eigenvalue weighted by Crippen LogP contribution is -2.58. The van der Waals surface area contributed by atoms with Gasteiger partial charge < -0.3 is 0 Å². The third-order valence-electron chi connectivity index (χ3n) is 1.65. The van der Waals surface area contributed by atoms with Crippen LogP contribution in [0.1, 0.15) is 0 Å². The Morgan fingerprint density at radius 3 is 0.938 bits per heavy atom. The van der Waals surface area contributed by atoms with E-state index in [0.717, 1.165) is 0 Å². The number of allylic oxidation sites excluding steroid dienone is 1. The number of rotatable bonds is 1. The van der Waals surface area contributed by atoms with Crippen molar-refractivity contribution in [3.8, 4) is 0 Å². The fourth-order valence-corrected chi connectivity index (χ4v) is 1.26. The standard InChI is InChI=1S/C6H2BrF9/c7-2-1-3(4(8,9)10,5(11,12)13)6(14,15)16/h1-2H. The summed E-state index contributed by atoms with van der Waals surface area (Å²) in [5.41, 5.74) is -5.86. The first-order valence-corrected chi connectivity index (χ1v) is 4.21. The van der Waals surface area contributed by atoms with E-state index in [1.165, 1.54) is 0 Å². The highest BCUT2D eigenvalue weighted by molar-refractivity contribution is 9.11. The second-order valence-electron chi connectivity index (χ2n) is 2.59. The molecule has 0 aliphatic carbocycles. The van der Waals surface area contributed by atoms with E-state index in [1.54, 1.807) is 0 Å². The van der Waals surface area contributed by atoms with Crippen LogP contribution in [-0.2, 0) is 0 Å². The lowest BCUT2D eigenvalue weighted by atomic mass is 9.85. The molecule has 0 atom stereocenters. The third-order valence-corrected chi connectivity index (χ3v) is 1.92. The van der Waals surface area contributed by atoms with Gasteiger partial charge in [0.05, 0.1) is 0 Å². The molecule has 0 bridgehead atoms. The summed E-state index contributed by atoms with van der Waals surface area (Å²) in [5, 5.41) is 0. The zero-order valence-electron chi connectivity index (χ0n) is 6.93. The molecular formula is C6H2BrF9. The SMILES string of the molecule is FC(F)(F)C(C=CBr)(C(F)(F)F)C(F)(F)F. The van der Waals surface area contributed by atoms with Crippen molar-refractivity contribution in [2.45, 2.75) is 18.5 Å². The topological polar surface area (TPSA) is 0 Å². The predicted octanol–water partition coefficient (Wildman–Crippen LogP) is 4.57. The molecule has 0 heterocycles. The van der Waals surface area contributed by atoms with Gasteiger partial charge >= 0.3 is 18.5 Å². The second kappa shape index (κ2) is 4.11. The summed E-state index contributed by atoms with van der Waals surface area (Å²) in [4.78, 5) is -0.124. The first kappa shape index (κ1) is 15.6. The van der Waals surface area contributed by atoms with Crippen molar-refractivity contribution in [3.05, 3.63) is 11.1 Å². The fraction of sp³-hybridized carbons (Fsp3) is 0.667. The van der Waals surface area contributed by atoms with Crippen LogP contribution in [0, 0.1) is 5.41 Å².